The van der Waals surface area contributed by atoms with Gasteiger partial charge in [0, 0.05) is 24.8 Å². The average Bonchev–Trinajstić information content (AvgIpc) is 3.20. The van der Waals surface area contributed by atoms with Crippen molar-refractivity contribution in [3.63, 3.8) is 0 Å². The van der Waals surface area contributed by atoms with Gasteiger partial charge < -0.3 is 4.90 Å². The fraction of sp³-hybridized carbons (Fsp3) is 0.529. The molecule has 6 nitrogen and oxygen atoms in total. The minimum atomic E-state index is -2.96. The number of aryl methyl sites for hydroxylation is 2. The smallest absolute Gasteiger partial charge is 0.264 e. The molecule has 1 aliphatic rings. The molecule has 1 saturated heterocycles. The molecule has 0 bridgehead atoms. The molecule has 0 N–H and O–H groups in total. The zero-order valence-corrected chi connectivity index (χ0v) is 16.6. The summed E-state index contributed by atoms with van der Waals surface area (Å²) in [6.07, 6.45) is 0.604. The Bertz CT molecular complexity index is 912. The molecule has 25 heavy (non-hydrogen) atoms. The van der Waals surface area contributed by atoms with E-state index in [4.69, 9.17) is 0 Å². The second-order valence-corrected chi connectivity index (χ2v) is 9.89. The van der Waals surface area contributed by atoms with Gasteiger partial charge in [-0.3, -0.25) is 9.48 Å². The number of sulfone groups is 1. The van der Waals surface area contributed by atoms with Crippen molar-refractivity contribution in [3.8, 4) is 0 Å². The van der Waals surface area contributed by atoms with Gasteiger partial charge in [0.1, 0.15) is 0 Å². The van der Waals surface area contributed by atoms with Crippen LogP contribution < -0.4 is 0 Å². The van der Waals surface area contributed by atoms with E-state index in [1.165, 1.54) is 11.3 Å². The van der Waals surface area contributed by atoms with Crippen molar-refractivity contribution < 1.29 is 13.2 Å². The zero-order chi connectivity index (χ0) is 18.4. The summed E-state index contributed by atoms with van der Waals surface area (Å²) in [7, 11) is -1.17. The highest BCUT2D eigenvalue weighted by molar-refractivity contribution is 7.91. The highest BCUT2D eigenvalue weighted by Gasteiger charge is 2.31. The summed E-state index contributed by atoms with van der Waals surface area (Å²) in [4.78, 5) is 15.1. The Balaban J connectivity index is 1.82. The highest BCUT2D eigenvalue weighted by atomic mass is 32.2. The normalized spacial score (nSPS) is 19.3. The van der Waals surface area contributed by atoms with E-state index < -0.39 is 9.84 Å². The predicted molar refractivity (Wildman–Crippen MR) is 98.9 cm³/mol. The molecule has 1 fully saturated rings. The molecule has 1 aliphatic heterocycles. The fourth-order valence-electron chi connectivity index (χ4n) is 3.32. The lowest BCUT2D eigenvalue weighted by atomic mass is 10.1. The van der Waals surface area contributed by atoms with Crippen molar-refractivity contribution in [3.05, 3.63) is 38.8 Å². The lowest BCUT2D eigenvalue weighted by Gasteiger charge is -2.18. The topological polar surface area (TPSA) is 72.3 Å². The van der Waals surface area contributed by atoms with Crippen LogP contribution >= 0.6 is 11.3 Å². The maximum Gasteiger partial charge on any atom is 0.264 e. The molecule has 3 rings (SSSR count). The van der Waals surface area contributed by atoms with Crippen molar-refractivity contribution in [1.29, 1.82) is 0 Å². The molecule has 8 heteroatoms. The Kier molecular flexibility index (Phi) is 4.76. The quantitative estimate of drug-likeness (QED) is 0.816. The molecule has 1 amide bonds. The third-order valence-electron chi connectivity index (χ3n) is 4.83. The fourth-order valence-corrected chi connectivity index (χ4v) is 5.93. The first-order valence-electron chi connectivity index (χ1n) is 8.24. The number of carbonyl (C=O) groups is 1. The van der Waals surface area contributed by atoms with Gasteiger partial charge in [0.15, 0.2) is 9.84 Å². The number of aromatic nitrogens is 2. The molecule has 0 unspecified atom stereocenters. The van der Waals surface area contributed by atoms with Crippen LogP contribution in [0.1, 0.15) is 44.6 Å². The number of carbonyl (C=O) groups excluding carboxylic acids is 1. The van der Waals surface area contributed by atoms with Crippen LogP contribution in [0.3, 0.4) is 0 Å². The maximum absolute atomic E-state index is 12.6. The first-order chi connectivity index (χ1) is 11.7. The number of hydrogen-bond acceptors (Lipinski definition) is 5. The van der Waals surface area contributed by atoms with E-state index in [0.29, 0.717) is 13.0 Å². The van der Waals surface area contributed by atoms with Gasteiger partial charge in [-0.15, -0.1) is 11.3 Å². The van der Waals surface area contributed by atoms with Gasteiger partial charge in [-0.2, -0.15) is 5.10 Å². The summed E-state index contributed by atoms with van der Waals surface area (Å²) in [6, 6.07) is 1.85. The summed E-state index contributed by atoms with van der Waals surface area (Å²) in [6.45, 7) is 6.27. The molecule has 0 aliphatic carbocycles. The minimum absolute atomic E-state index is 0.00231. The van der Waals surface area contributed by atoms with Gasteiger partial charge in [0.2, 0.25) is 0 Å². The molecule has 0 spiro atoms. The number of nitrogens with zero attached hydrogens (tertiary/aromatic N) is 3. The Hall–Kier alpha value is -1.67. The van der Waals surface area contributed by atoms with Crippen LogP contribution in [0.5, 0.6) is 0 Å². The lowest BCUT2D eigenvalue weighted by Crippen LogP contribution is -2.26. The lowest BCUT2D eigenvalue weighted by molar-refractivity contribution is 0.0789. The van der Waals surface area contributed by atoms with Crippen molar-refractivity contribution in [1.82, 2.24) is 14.7 Å². The van der Waals surface area contributed by atoms with E-state index in [1.54, 1.807) is 11.9 Å². The van der Waals surface area contributed by atoms with Crippen LogP contribution in [0.2, 0.25) is 0 Å². The predicted octanol–water partition coefficient (Wildman–Crippen LogP) is 2.50. The Labute approximate surface area is 152 Å². The highest BCUT2D eigenvalue weighted by Crippen LogP contribution is 2.27. The number of thiophene rings is 1. The van der Waals surface area contributed by atoms with Crippen molar-refractivity contribution >= 4 is 27.1 Å². The summed E-state index contributed by atoms with van der Waals surface area (Å²) >= 11 is 1.45. The van der Waals surface area contributed by atoms with E-state index in [0.717, 1.165) is 27.4 Å². The van der Waals surface area contributed by atoms with Gasteiger partial charge in [-0.25, -0.2) is 8.42 Å². The summed E-state index contributed by atoms with van der Waals surface area (Å²) in [5, 5.41) is 6.49. The van der Waals surface area contributed by atoms with E-state index in [1.807, 2.05) is 36.9 Å². The van der Waals surface area contributed by atoms with Gasteiger partial charge >= 0.3 is 0 Å². The Morgan fingerprint density at radius 1 is 1.40 bits per heavy atom. The van der Waals surface area contributed by atoms with Crippen molar-refractivity contribution in [2.24, 2.45) is 0 Å². The third kappa shape index (κ3) is 3.50. The van der Waals surface area contributed by atoms with E-state index in [9.17, 15) is 13.2 Å². The Morgan fingerprint density at radius 2 is 2.12 bits per heavy atom. The molecule has 1 atom stereocenters. The number of amides is 1. The maximum atomic E-state index is 12.6. The zero-order valence-electron chi connectivity index (χ0n) is 14.9. The SMILES string of the molecule is Cc1ccsc1C(=O)N(C)Cc1c(C)nn([C@H]2CCS(=O)(=O)C2)c1C. The van der Waals surface area contributed by atoms with Crippen molar-refractivity contribution in [2.45, 2.75) is 39.8 Å². The second-order valence-electron chi connectivity index (χ2n) is 6.74. The minimum Gasteiger partial charge on any atom is -0.337 e. The largest absolute Gasteiger partial charge is 0.337 e. The van der Waals surface area contributed by atoms with Gasteiger partial charge in [0.05, 0.1) is 28.1 Å². The standard InChI is InChI=1S/C17H23N3O3S2/c1-11-5-7-24-16(11)17(21)19(4)9-15-12(2)18-20(13(15)3)14-6-8-25(22,23)10-14/h5,7,14H,6,8-10H2,1-4H3/t14-/m0/s1. The first kappa shape index (κ1) is 18.1. The third-order valence-corrected chi connectivity index (χ3v) is 7.58. The van der Waals surface area contributed by atoms with E-state index >= 15 is 0 Å². The molecular formula is C17H23N3O3S2. The molecule has 3 heterocycles. The van der Waals surface area contributed by atoms with Gasteiger partial charge in [-0.1, -0.05) is 0 Å². The van der Waals surface area contributed by atoms with Gasteiger partial charge in [0.25, 0.3) is 5.91 Å². The molecule has 2 aromatic heterocycles. The summed E-state index contributed by atoms with van der Waals surface area (Å²) in [5.74, 6) is 0.376. The average molecular weight is 382 g/mol. The number of hydrogen-bond donors (Lipinski definition) is 0. The molecule has 136 valence electrons. The van der Waals surface area contributed by atoms with E-state index in [2.05, 4.69) is 5.10 Å². The first-order valence-corrected chi connectivity index (χ1v) is 10.9. The molecular weight excluding hydrogens is 358 g/mol. The second kappa shape index (κ2) is 6.57. The molecule has 0 radical (unpaired) electrons. The monoisotopic (exact) mass is 381 g/mol. The Morgan fingerprint density at radius 3 is 2.68 bits per heavy atom. The van der Waals surface area contributed by atoms with Gasteiger partial charge in [-0.05, 0) is 44.2 Å². The van der Waals surface area contributed by atoms with E-state index in [-0.39, 0.29) is 23.5 Å². The summed E-state index contributed by atoms with van der Waals surface area (Å²) in [5.41, 5.74) is 3.78. The molecule has 0 saturated carbocycles. The van der Waals surface area contributed by atoms with Crippen LogP contribution in [0, 0.1) is 20.8 Å². The molecule has 0 aromatic carbocycles. The van der Waals surface area contributed by atoms with Crippen LogP contribution in [-0.2, 0) is 16.4 Å². The van der Waals surface area contributed by atoms with Crippen molar-refractivity contribution in [2.75, 3.05) is 18.6 Å². The van der Waals surface area contributed by atoms with Crippen LogP contribution in [0.4, 0.5) is 0 Å². The number of rotatable bonds is 4. The van der Waals surface area contributed by atoms with Crippen LogP contribution in [-0.4, -0.2) is 47.6 Å². The molecule has 2 aromatic rings. The van der Waals surface area contributed by atoms with Crippen LogP contribution in [0.15, 0.2) is 11.4 Å². The summed E-state index contributed by atoms with van der Waals surface area (Å²) < 4.78 is 25.3. The van der Waals surface area contributed by atoms with Crippen LogP contribution in [0.25, 0.3) is 0 Å².